The van der Waals surface area contributed by atoms with E-state index in [1.54, 1.807) is 0 Å². The van der Waals surface area contributed by atoms with Crippen LogP contribution in [0.5, 0.6) is 5.75 Å². The number of nitrogens with zero attached hydrogens (tertiary/aromatic N) is 2. The van der Waals surface area contributed by atoms with Gasteiger partial charge in [-0.2, -0.15) is 0 Å². The first-order valence-corrected chi connectivity index (χ1v) is 10.7. The minimum Gasteiger partial charge on any atom is -0.494 e. The van der Waals surface area contributed by atoms with Crippen LogP contribution in [0.1, 0.15) is 43.0 Å². The molecule has 2 aliphatic rings. The van der Waals surface area contributed by atoms with Crippen molar-refractivity contribution in [2.24, 2.45) is 0 Å². The van der Waals surface area contributed by atoms with E-state index in [1.807, 2.05) is 24.3 Å². The van der Waals surface area contributed by atoms with Crippen LogP contribution in [0, 0.1) is 0 Å². The number of unbranched alkanes of at least 4 members (excludes halogenated alkanes) is 1. The number of carbonyl (C=O) groups excluding carboxylic acids is 1. The van der Waals surface area contributed by atoms with E-state index in [1.165, 1.54) is 0 Å². The summed E-state index contributed by atoms with van der Waals surface area (Å²) in [6, 6.07) is 7.47. The zero-order valence-corrected chi connectivity index (χ0v) is 17.4. The number of rotatable bonds is 8. The number of ether oxygens (including phenoxy) is 2. The molecule has 2 aliphatic heterocycles. The number of nitrogens with one attached hydrogen (secondary N) is 1. The summed E-state index contributed by atoms with van der Waals surface area (Å²) in [6.45, 7) is 9.34. The molecule has 0 aromatic heterocycles. The van der Waals surface area contributed by atoms with Crippen molar-refractivity contribution in [2.75, 3.05) is 59.6 Å². The fourth-order valence-corrected chi connectivity index (χ4v) is 4.02. The van der Waals surface area contributed by atoms with E-state index in [0.717, 1.165) is 77.4 Å². The Bertz CT molecular complexity index is 606. The fourth-order valence-electron chi connectivity index (χ4n) is 4.02. The van der Waals surface area contributed by atoms with E-state index in [4.69, 9.17) is 9.47 Å². The van der Waals surface area contributed by atoms with Gasteiger partial charge in [-0.05, 0) is 50.6 Å². The van der Waals surface area contributed by atoms with Crippen LogP contribution in [0.4, 0.5) is 0 Å². The van der Waals surface area contributed by atoms with E-state index in [2.05, 4.69) is 29.1 Å². The molecule has 1 amide bonds. The van der Waals surface area contributed by atoms with Gasteiger partial charge < -0.3 is 19.7 Å². The standard InChI is InChI=1S/C22H35N3O3/c1-3-4-15-28-20-7-5-19(6-8-20)21(26)23-18-22(9-16-27-17-10-22)25-13-11-24(2)12-14-25/h5-8H,3-4,9-18H2,1-2H3,(H,23,26). The van der Waals surface area contributed by atoms with Crippen molar-refractivity contribution < 1.29 is 14.3 Å². The molecular formula is C22H35N3O3. The average Bonchev–Trinajstić information content (AvgIpc) is 2.74. The van der Waals surface area contributed by atoms with Gasteiger partial charge in [0.05, 0.1) is 6.61 Å². The van der Waals surface area contributed by atoms with Gasteiger partial charge in [0.25, 0.3) is 5.91 Å². The van der Waals surface area contributed by atoms with Crippen LogP contribution in [0.3, 0.4) is 0 Å². The van der Waals surface area contributed by atoms with Crippen molar-refractivity contribution in [2.45, 2.75) is 38.1 Å². The molecule has 1 aromatic carbocycles. The Morgan fingerprint density at radius 1 is 1.14 bits per heavy atom. The van der Waals surface area contributed by atoms with Crippen LogP contribution >= 0.6 is 0 Å². The average molecular weight is 390 g/mol. The minimum absolute atomic E-state index is 0.0123. The maximum Gasteiger partial charge on any atom is 0.251 e. The van der Waals surface area contributed by atoms with Gasteiger partial charge in [0.1, 0.15) is 5.75 Å². The number of carbonyl (C=O) groups is 1. The molecule has 0 bridgehead atoms. The molecule has 3 rings (SSSR count). The molecule has 1 aromatic rings. The first kappa shape index (κ1) is 21.1. The molecule has 0 radical (unpaired) electrons. The van der Waals surface area contributed by atoms with E-state index >= 15 is 0 Å². The number of hydrogen-bond acceptors (Lipinski definition) is 5. The third kappa shape index (κ3) is 5.46. The molecule has 2 heterocycles. The van der Waals surface area contributed by atoms with Crippen molar-refractivity contribution in [3.63, 3.8) is 0 Å². The molecule has 6 heteroatoms. The third-order valence-corrected chi connectivity index (χ3v) is 6.06. The zero-order valence-electron chi connectivity index (χ0n) is 17.4. The van der Waals surface area contributed by atoms with Crippen molar-refractivity contribution in [1.29, 1.82) is 0 Å². The molecule has 28 heavy (non-hydrogen) atoms. The minimum atomic E-state index is -0.0138. The molecule has 2 saturated heterocycles. The van der Waals surface area contributed by atoms with Gasteiger partial charge in [0.15, 0.2) is 0 Å². The van der Waals surface area contributed by atoms with Crippen molar-refractivity contribution in [3.05, 3.63) is 29.8 Å². The SMILES string of the molecule is CCCCOc1ccc(C(=O)NCC2(N3CCN(C)CC3)CCOCC2)cc1. The summed E-state index contributed by atoms with van der Waals surface area (Å²) in [4.78, 5) is 17.7. The van der Waals surface area contributed by atoms with Crippen LogP contribution in [-0.2, 0) is 4.74 Å². The highest BCUT2D eigenvalue weighted by Crippen LogP contribution is 2.28. The molecule has 6 nitrogen and oxygen atoms in total. The highest BCUT2D eigenvalue weighted by atomic mass is 16.5. The van der Waals surface area contributed by atoms with Gasteiger partial charge in [-0.3, -0.25) is 9.69 Å². The van der Waals surface area contributed by atoms with Gasteiger partial charge in [0, 0.05) is 57.0 Å². The van der Waals surface area contributed by atoms with E-state index in [-0.39, 0.29) is 11.4 Å². The second-order valence-electron chi connectivity index (χ2n) is 8.04. The molecule has 0 unspecified atom stereocenters. The summed E-state index contributed by atoms with van der Waals surface area (Å²) in [5.74, 6) is 0.809. The third-order valence-electron chi connectivity index (χ3n) is 6.06. The van der Waals surface area contributed by atoms with Gasteiger partial charge in [-0.15, -0.1) is 0 Å². The lowest BCUT2D eigenvalue weighted by Gasteiger charge is -2.49. The van der Waals surface area contributed by atoms with Crippen LogP contribution in [0.2, 0.25) is 0 Å². The summed E-state index contributed by atoms with van der Waals surface area (Å²) in [7, 11) is 2.17. The van der Waals surface area contributed by atoms with Gasteiger partial charge in [-0.1, -0.05) is 13.3 Å². The van der Waals surface area contributed by atoms with Crippen LogP contribution < -0.4 is 10.1 Å². The number of amides is 1. The molecule has 2 fully saturated rings. The predicted octanol–water partition coefficient (Wildman–Crippen LogP) is 2.39. The molecule has 0 atom stereocenters. The number of piperazine rings is 1. The molecular weight excluding hydrogens is 354 g/mol. The Balaban J connectivity index is 1.57. The second-order valence-corrected chi connectivity index (χ2v) is 8.04. The van der Waals surface area contributed by atoms with Gasteiger partial charge >= 0.3 is 0 Å². The summed E-state index contributed by atoms with van der Waals surface area (Å²) >= 11 is 0. The lowest BCUT2D eigenvalue weighted by Crippen LogP contribution is -2.62. The lowest BCUT2D eigenvalue weighted by molar-refractivity contribution is -0.0430. The lowest BCUT2D eigenvalue weighted by atomic mass is 9.87. The van der Waals surface area contributed by atoms with E-state index < -0.39 is 0 Å². The van der Waals surface area contributed by atoms with Crippen LogP contribution in [0.15, 0.2) is 24.3 Å². The molecule has 0 spiro atoms. The zero-order chi connectivity index (χ0) is 19.8. The fraction of sp³-hybridized carbons (Fsp3) is 0.682. The monoisotopic (exact) mass is 389 g/mol. The van der Waals surface area contributed by atoms with Crippen molar-refractivity contribution in [1.82, 2.24) is 15.1 Å². The molecule has 0 aliphatic carbocycles. The quantitative estimate of drug-likeness (QED) is 0.692. The Morgan fingerprint density at radius 2 is 1.82 bits per heavy atom. The second kappa shape index (κ2) is 10.2. The highest BCUT2D eigenvalue weighted by molar-refractivity contribution is 5.94. The van der Waals surface area contributed by atoms with Crippen molar-refractivity contribution >= 4 is 5.91 Å². The normalized spacial score (nSPS) is 20.6. The van der Waals surface area contributed by atoms with Crippen LogP contribution in [0.25, 0.3) is 0 Å². The largest absolute Gasteiger partial charge is 0.494 e. The van der Waals surface area contributed by atoms with Gasteiger partial charge in [0.2, 0.25) is 0 Å². The molecule has 0 saturated carbocycles. The first-order valence-electron chi connectivity index (χ1n) is 10.7. The summed E-state index contributed by atoms with van der Waals surface area (Å²) in [6.07, 6.45) is 4.10. The maximum atomic E-state index is 12.7. The molecule has 1 N–H and O–H groups in total. The van der Waals surface area contributed by atoms with Gasteiger partial charge in [-0.25, -0.2) is 0 Å². The van der Waals surface area contributed by atoms with E-state index in [9.17, 15) is 4.79 Å². The summed E-state index contributed by atoms with van der Waals surface area (Å²) in [5, 5.41) is 3.20. The molecule has 156 valence electrons. The highest BCUT2D eigenvalue weighted by Gasteiger charge is 2.39. The van der Waals surface area contributed by atoms with Crippen molar-refractivity contribution in [3.8, 4) is 5.75 Å². The van der Waals surface area contributed by atoms with E-state index in [0.29, 0.717) is 12.1 Å². The Kier molecular flexibility index (Phi) is 7.71. The number of benzene rings is 1. The number of hydrogen-bond donors (Lipinski definition) is 1. The first-order chi connectivity index (χ1) is 13.6. The predicted molar refractivity (Wildman–Crippen MR) is 111 cm³/mol. The topological polar surface area (TPSA) is 54.0 Å². The Morgan fingerprint density at radius 3 is 2.46 bits per heavy atom. The summed E-state index contributed by atoms with van der Waals surface area (Å²) in [5.41, 5.74) is 0.696. The summed E-state index contributed by atoms with van der Waals surface area (Å²) < 4.78 is 11.3. The number of likely N-dealkylation sites (N-methyl/N-ethyl adjacent to an activating group) is 1. The smallest absolute Gasteiger partial charge is 0.251 e. The Labute approximate surface area is 169 Å². The maximum absolute atomic E-state index is 12.7. The Hall–Kier alpha value is -1.63. The van der Waals surface area contributed by atoms with Crippen LogP contribution in [-0.4, -0.2) is 80.8 Å².